The summed E-state index contributed by atoms with van der Waals surface area (Å²) in [5, 5.41) is 0. The molecular formula is C23H32N2O. The van der Waals surface area contributed by atoms with Gasteiger partial charge in [0.25, 0.3) is 0 Å². The Morgan fingerprint density at radius 3 is 2.46 bits per heavy atom. The first-order valence-corrected chi connectivity index (χ1v) is 10.1. The van der Waals surface area contributed by atoms with Gasteiger partial charge in [0.1, 0.15) is 0 Å². The van der Waals surface area contributed by atoms with Crippen LogP contribution in [-0.4, -0.2) is 37.0 Å². The fraction of sp³-hybridized carbons (Fsp3) is 0.609. The fourth-order valence-corrected chi connectivity index (χ4v) is 5.65. The molecule has 140 valence electrons. The molecule has 1 heterocycles. The highest BCUT2D eigenvalue weighted by atomic mass is 16.2. The first-order valence-electron chi connectivity index (χ1n) is 10.1. The van der Waals surface area contributed by atoms with Crippen LogP contribution in [-0.2, 0) is 4.79 Å². The summed E-state index contributed by atoms with van der Waals surface area (Å²) in [6.07, 6.45) is 3.21. The molecule has 1 aromatic rings. The standard InChI is InChI=1S/C23H32N2O/c1-16-7-6-8-20(17(16)2)24-11-13-25(14-12-24)21(26)23-10-9-19(15-23)22(4,5)18(23)3/h6-8,19H,3,9-15H2,1-2,4-5H3/t19-,23+/m0/s1. The van der Waals surface area contributed by atoms with Crippen LogP contribution in [0, 0.1) is 30.6 Å². The molecule has 2 bridgehead atoms. The number of amides is 1. The zero-order valence-electron chi connectivity index (χ0n) is 16.8. The first-order chi connectivity index (χ1) is 12.3. The van der Waals surface area contributed by atoms with Gasteiger partial charge < -0.3 is 9.80 Å². The van der Waals surface area contributed by atoms with Crippen LogP contribution in [0.2, 0.25) is 0 Å². The molecule has 0 unspecified atom stereocenters. The number of aryl methyl sites for hydroxylation is 1. The molecule has 2 atom stereocenters. The molecule has 3 nitrogen and oxygen atoms in total. The third-order valence-corrected chi connectivity index (χ3v) is 7.78. The lowest BCUT2D eigenvalue weighted by molar-refractivity contribution is -0.140. The normalized spacial score (nSPS) is 30.2. The molecule has 0 radical (unpaired) electrons. The van der Waals surface area contributed by atoms with Crippen LogP contribution in [0.15, 0.2) is 30.4 Å². The predicted molar refractivity (Wildman–Crippen MR) is 107 cm³/mol. The highest BCUT2D eigenvalue weighted by Crippen LogP contribution is 2.65. The average Bonchev–Trinajstić information content (AvgIpc) is 3.16. The van der Waals surface area contributed by atoms with E-state index in [-0.39, 0.29) is 10.8 Å². The minimum atomic E-state index is -0.268. The topological polar surface area (TPSA) is 23.6 Å². The third kappa shape index (κ3) is 2.35. The van der Waals surface area contributed by atoms with Gasteiger partial charge in [-0.2, -0.15) is 0 Å². The zero-order valence-corrected chi connectivity index (χ0v) is 16.8. The third-order valence-electron chi connectivity index (χ3n) is 7.78. The van der Waals surface area contributed by atoms with Crippen molar-refractivity contribution in [1.29, 1.82) is 0 Å². The molecular weight excluding hydrogens is 320 g/mol. The van der Waals surface area contributed by atoms with Gasteiger partial charge in [0.05, 0.1) is 5.41 Å². The molecule has 3 aliphatic rings. The van der Waals surface area contributed by atoms with Crippen molar-refractivity contribution in [3.05, 3.63) is 41.5 Å². The number of hydrogen-bond donors (Lipinski definition) is 0. The highest BCUT2D eigenvalue weighted by Gasteiger charge is 2.61. The van der Waals surface area contributed by atoms with Gasteiger partial charge >= 0.3 is 0 Å². The summed E-state index contributed by atoms with van der Waals surface area (Å²) in [5.74, 6) is 0.992. The molecule has 3 fully saturated rings. The van der Waals surface area contributed by atoms with Crippen LogP contribution >= 0.6 is 0 Å². The summed E-state index contributed by atoms with van der Waals surface area (Å²) in [6.45, 7) is 16.8. The molecule has 1 saturated heterocycles. The lowest BCUT2D eigenvalue weighted by atomic mass is 9.68. The molecule has 0 aromatic heterocycles. The molecule has 26 heavy (non-hydrogen) atoms. The van der Waals surface area contributed by atoms with Crippen molar-refractivity contribution in [3.8, 4) is 0 Å². The van der Waals surface area contributed by atoms with E-state index in [1.165, 1.54) is 28.8 Å². The highest BCUT2D eigenvalue weighted by molar-refractivity contribution is 5.88. The van der Waals surface area contributed by atoms with E-state index in [0.717, 1.165) is 39.0 Å². The molecule has 1 aromatic carbocycles. The molecule has 1 amide bonds. The summed E-state index contributed by atoms with van der Waals surface area (Å²) in [7, 11) is 0. The fourth-order valence-electron chi connectivity index (χ4n) is 5.65. The maximum absolute atomic E-state index is 13.5. The van der Waals surface area contributed by atoms with Gasteiger partial charge in [-0.1, -0.05) is 38.1 Å². The van der Waals surface area contributed by atoms with Crippen molar-refractivity contribution >= 4 is 11.6 Å². The zero-order chi connectivity index (χ0) is 18.7. The molecule has 0 spiro atoms. The average molecular weight is 353 g/mol. The second-order valence-electron chi connectivity index (χ2n) is 9.22. The van der Waals surface area contributed by atoms with Crippen LogP contribution in [0.3, 0.4) is 0 Å². The summed E-state index contributed by atoms with van der Waals surface area (Å²) < 4.78 is 0. The predicted octanol–water partition coefficient (Wildman–Crippen LogP) is 4.33. The van der Waals surface area contributed by atoms with Gasteiger partial charge in [-0.25, -0.2) is 0 Å². The van der Waals surface area contributed by atoms with Gasteiger partial charge in [0.2, 0.25) is 5.91 Å². The van der Waals surface area contributed by atoms with E-state index in [9.17, 15) is 4.79 Å². The van der Waals surface area contributed by atoms with Crippen molar-refractivity contribution in [3.63, 3.8) is 0 Å². The number of carbonyl (C=O) groups excluding carboxylic acids is 1. The Balaban J connectivity index is 1.48. The van der Waals surface area contributed by atoms with E-state index in [1.54, 1.807) is 0 Å². The number of piperazine rings is 1. The van der Waals surface area contributed by atoms with E-state index in [1.807, 2.05) is 0 Å². The van der Waals surface area contributed by atoms with Crippen LogP contribution in [0.5, 0.6) is 0 Å². The van der Waals surface area contributed by atoms with Gasteiger partial charge in [-0.05, 0) is 61.6 Å². The van der Waals surface area contributed by atoms with Crippen molar-refractivity contribution in [2.75, 3.05) is 31.1 Å². The van der Waals surface area contributed by atoms with Gasteiger partial charge in [-0.3, -0.25) is 4.79 Å². The van der Waals surface area contributed by atoms with E-state index in [0.29, 0.717) is 11.8 Å². The van der Waals surface area contributed by atoms with Gasteiger partial charge in [0.15, 0.2) is 0 Å². The number of carbonyl (C=O) groups is 1. The number of anilines is 1. The summed E-state index contributed by atoms with van der Waals surface area (Å²) in [4.78, 5) is 18.0. The Hall–Kier alpha value is -1.77. The lowest BCUT2D eigenvalue weighted by Gasteiger charge is -2.43. The quantitative estimate of drug-likeness (QED) is 0.740. The second kappa shape index (κ2) is 5.87. The molecule has 1 aliphatic heterocycles. The van der Waals surface area contributed by atoms with Crippen molar-refractivity contribution in [2.24, 2.45) is 16.7 Å². The Morgan fingerprint density at radius 2 is 1.85 bits per heavy atom. The first kappa shape index (κ1) is 17.6. The van der Waals surface area contributed by atoms with Crippen LogP contribution in [0.1, 0.15) is 44.2 Å². The molecule has 3 heteroatoms. The monoisotopic (exact) mass is 352 g/mol. The van der Waals surface area contributed by atoms with Crippen LogP contribution < -0.4 is 4.90 Å². The van der Waals surface area contributed by atoms with E-state index in [4.69, 9.17) is 0 Å². The Kier molecular flexibility index (Phi) is 3.98. The maximum atomic E-state index is 13.5. The maximum Gasteiger partial charge on any atom is 0.233 e. The molecule has 2 saturated carbocycles. The van der Waals surface area contributed by atoms with Gasteiger partial charge in [0, 0.05) is 31.9 Å². The Morgan fingerprint density at radius 1 is 1.15 bits per heavy atom. The lowest BCUT2D eigenvalue weighted by Crippen LogP contribution is -2.53. The van der Waals surface area contributed by atoms with Crippen LogP contribution in [0.25, 0.3) is 0 Å². The SMILES string of the molecule is C=C1C(C)(C)[C@H]2CC[C@@]1(C(=O)N1CCN(c3cccc(C)c3C)CC1)C2. The second-order valence-corrected chi connectivity index (χ2v) is 9.22. The van der Waals surface area contributed by atoms with E-state index in [2.05, 4.69) is 62.3 Å². The summed E-state index contributed by atoms with van der Waals surface area (Å²) in [6, 6.07) is 6.51. The minimum Gasteiger partial charge on any atom is -0.368 e. The summed E-state index contributed by atoms with van der Waals surface area (Å²) >= 11 is 0. The largest absolute Gasteiger partial charge is 0.368 e. The molecule has 4 rings (SSSR count). The van der Waals surface area contributed by atoms with E-state index < -0.39 is 0 Å². The van der Waals surface area contributed by atoms with Gasteiger partial charge in [-0.15, -0.1) is 0 Å². The number of benzene rings is 1. The number of nitrogens with zero attached hydrogens (tertiary/aromatic N) is 2. The number of rotatable bonds is 2. The molecule has 0 N–H and O–H groups in total. The van der Waals surface area contributed by atoms with Crippen molar-refractivity contribution < 1.29 is 4.79 Å². The van der Waals surface area contributed by atoms with Crippen molar-refractivity contribution in [2.45, 2.75) is 47.0 Å². The Labute approximate surface area is 158 Å². The minimum absolute atomic E-state index is 0.119. The number of fused-ring (bicyclic) bond motifs is 2. The van der Waals surface area contributed by atoms with Crippen molar-refractivity contribution in [1.82, 2.24) is 4.90 Å². The smallest absolute Gasteiger partial charge is 0.233 e. The summed E-state index contributed by atoms with van der Waals surface area (Å²) in [5.41, 5.74) is 5.06. The number of hydrogen-bond acceptors (Lipinski definition) is 2. The van der Waals surface area contributed by atoms with Crippen LogP contribution in [0.4, 0.5) is 5.69 Å². The molecule has 2 aliphatic carbocycles. The Bertz CT molecular complexity index is 757. The van der Waals surface area contributed by atoms with E-state index >= 15 is 0 Å².